The lowest BCUT2D eigenvalue weighted by atomic mass is 9.99. The van der Waals surface area contributed by atoms with Crippen molar-refractivity contribution < 1.29 is 8.42 Å². The van der Waals surface area contributed by atoms with Gasteiger partial charge in [-0.2, -0.15) is 0 Å². The first kappa shape index (κ1) is 14.2. The highest BCUT2D eigenvalue weighted by Gasteiger charge is 2.26. The molecule has 0 saturated heterocycles. The minimum absolute atomic E-state index is 0.0863. The van der Waals surface area contributed by atoms with Gasteiger partial charge in [0.1, 0.15) is 4.90 Å². The first-order valence-corrected chi connectivity index (χ1v) is 7.94. The summed E-state index contributed by atoms with van der Waals surface area (Å²) in [6.45, 7) is 2.64. The molecule has 1 aliphatic rings. The SMILES string of the molecule is CC1CCCC1CNS(=O)(=O)c1cccnc1NN. The molecule has 0 bridgehead atoms. The Bertz CT molecular complexity index is 532. The number of rotatable bonds is 5. The number of hydrazine groups is 1. The van der Waals surface area contributed by atoms with Gasteiger partial charge in [-0.15, -0.1) is 0 Å². The Kier molecular flexibility index (Phi) is 4.38. The van der Waals surface area contributed by atoms with Crippen LogP contribution in [-0.4, -0.2) is 19.9 Å². The summed E-state index contributed by atoms with van der Waals surface area (Å²) in [5, 5.41) is 0. The maximum Gasteiger partial charge on any atom is 0.244 e. The fourth-order valence-electron chi connectivity index (χ4n) is 2.54. The fraction of sp³-hybridized carbons (Fsp3) is 0.583. The van der Waals surface area contributed by atoms with Crippen molar-refractivity contribution >= 4 is 15.8 Å². The summed E-state index contributed by atoms with van der Waals surface area (Å²) >= 11 is 0. The number of hydrogen-bond donors (Lipinski definition) is 3. The van der Waals surface area contributed by atoms with Crippen molar-refractivity contribution in [2.75, 3.05) is 12.0 Å². The molecule has 1 aliphatic carbocycles. The van der Waals surface area contributed by atoms with E-state index in [2.05, 4.69) is 22.1 Å². The number of nitrogens with one attached hydrogen (secondary N) is 2. The minimum atomic E-state index is -3.57. The standard InChI is InChI=1S/C12H20N4O2S/c1-9-4-2-5-10(9)8-15-19(17,18)11-6-3-7-14-12(11)16-13/h3,6-7,9-10,15H,2,4-5,8,13H2,1H3,(H,14,16). The predicted octanol–water partition coefficient (Wildman–Crippen LogP) is 1.08. The maximum atomic E-state index is 12.2. The quantitative estimate of drug-likeness (QED) is 0.555. The molecule has 1 heterocycles. The van der Waals surface area contributed by atoms with Crippen LogP contribution in [-0.2, 0) is 10.0 Å². The summed E-state index contributed by atoms with van der Waals surface area (Å²) in [5.41, 5.74) is 2.31. The van der Waals surface area contributed by atoms with Gasteiger partial charge in [-0.1, -0.05) is 19.8 Å². The Hall–Kier alpha value is -1.18. The molecule has 1 aromatic heterocycles. The third-order valence-corrected chi connectivity index (χ3v) is 5.23. The molecule has 0 amide bonds. The number of aromatic nitrogens is 1. The molecule has 4 N–H and O–H groups in total. The van der Waals surface area contributed by atoms with E-state index >= 15 is 0 Å². The monoisotopic (exact) mass is 284 g/mol. The fourth-order valence-corrected chi connectivity index (χ4v) is 3.75. The number of pyridine rings is 1. The van der Waals surface area contributed by atoms with E-state index in [1.54, 1.807) is 6.07 Å². The van der Waals surface area contributed by atoms with E-state index in [0.717, 1.165) is 6.42 Å². The van der Waals surface area contributed by atoms with Crippen LogP contribution in [0.2, 0.25) is 0 Å². The molecule has 19 heavy (non-hydrogen) atoms. The second-order valence-electron chi connectivity index (χ2n) is 5.01. The zero-order valence-corrected chi connectivity index (χ0v) is 11.8. The van der Waals surface area contributed by atoms with E-state index in [4.69, 9.17) is 5.84 Å². The van der Waals surface area contributed by atoms with E-state index in [1.165, 1.54) is 25.1 Å². The Balaban J connectivity index is 2.09. The number of hydrogen-bond acceptors (Lipinski definition) is 5. The minimum Gasteiger partial charge on any atom is -0.307 e. The summed E-state index contributed by atoms with van der Waals surface area (Å²) in [7, 11) is -3.57. The van der Waals surface area contributed by atoms with E-state index in [1.807, 2.05) is 0 Å². The molecule has 2 atom stereocenters. The molecule has 0 aliphatic heterocycles. The first-order chi connectivity index (χ1) is 9.04. The second-order valence-corrected chi connectivity index (χ2v) is 6.75. The Morgan fingerprint density at radius 2 is 2.26 bits per heavy atom. The lowest BCUT2D eigenvalue weighted by Crippen LogP contribution is -2.31. The third-order valence-electron chi connectivity index (χ3n) is 3.77. The van der Waals surface area contributed by atoms with Gasteiger partial charge in [0.05, 0.1) is 0 Å². The van der Waals surface area contributed by atoms with Crippen LogP contribution in [0.4, 0.5) is 5.82 Å². The van der Waals surface area contributed by atoms with E-state index in [0.29, 0.717) is 18.4 Å². The Morgan fingerprint density at radius 3 is 2.89 bits per heavy atom. The van der Waals surface area contributed by atoms with Crippen LogP contribution in [0.15, 0.2) is 23.2 Å². The average Bonchev–Trinajstić information content (AvgIpc) is 2.82. The zero-order valence-electron chi connectivity index (χ0n) is 11.0. The van der Waals surface area contributed by atoms with Crippen molar-refractivity contribution in [2.24, 2.45) is 17.7 Å². The lowest BCUT2D eigenvalue weighted by molar-refractivity contribution is 0.414. The summed E-state index contributed by atoms with van der Waals surface area (Å²) in [6, 6.07) is 3.07. The maximum absolute atomic E-state index is 12.2. The molecule has 1 saturated carbocycles. The normalized spacial score (nSPS) is 23.5. The highest BCUT2D eigenvalue weighted by Crippen LogP contribution is 2.30. The lowest BCUT2D eigenvalue weighted by Gasteiger charge is -2.16. The predicted molar refractivity (Wildman–Crippen MR) is 73.7 cm³/mol. The second kappa shape index (κ2) is 5.85. The van der Waals surface area contributed by atoms with Gasteiger partial charge in [-0.25, -0.2) is 24.0 Å². The molecular formula is C12H20N4O2S. The smallest absolute Gasteiger partial charge is 0.244 e. The first-order valence-electron chi connectivity index (χ1n) is 6.46. The van der Waals surface area contributed by atoms with Crippen LogP contribution in [0.1, 0.15) is 26.2 Å². The molecule has 1 fully saturated rings. The number of sulfonamides is 1. The number of nitrogens with two attached hydrogens (primary N) is 1. The average molecular weight is 284 g/mol. The molecule has 7 heteroatoms. The van der Waals surface area contributed by atoms with E-state index in [9.17, 15) is 8.42 Å². The molecular weight excluding hydrogens is 264 g/mol. The van der Waals surface area contributed by atoms with Crippen molar-refractivity contribution in [3.05, 3.63) is 18.3 Å². The number of nitrogens with zero attached hydrogens (tertiary/aromatic N) is 1. The van der Waals surface area contributed by atoms with Crippen LogP contribution >= 0.6 is 0 Å². The summed E-state index contributed by atoms with van der Waals surface area (Å²) in [5.74, 6) is 6.43. The van der Waals surface area contributed by atoms with Crippen LogP contribution in [0.25, 0.3) is 0 Å². The number of nitrogen functional groups attached to an aromatic ring is 1. The molecule has 2 unspecified atom stereocenters. The Labute approximate surface area is 113 Å². The topological polar surface area (TPSA) is 97.1 Å². The number of anilines is 1. The van der Waals surface area contributed by atoms with Gasteiger partial charge in [0.2, 0.25) is 10.0 Å². The molecule has 1 aromatic rings. The van der Waals surface area contributed by atoms with Gasteiger partial charge in [0, 0.05) is 12.7 Å². The van der Waals surface area contributed by atoms with Crippen molar-refractivity contribution in [3.8, 4) is 0 Å². The van der Waals surface area contributed by atoms with Crippen LogP contribution in [0.3, 0.4) is 0 Å². The Morgan fingerprint density at radius 1 is 1.47 bits per heavy atom. The van der Waals surface area contributed by atoms with E-state index in [-0.39, 0.29) is 10.7 Å². The van der Waals surface area contributed by atoms with Crippen LogP contribution < -0.4 is 16.0 Å². The molecule has 2 rings (SSSR count). The molecule has 0 aromatic carbocycles. The van der Waals surface area contributed by atoms with E-state index < -0.39 is 10.0 Å². The van der Waals surface area contributed by atoms with Crippen molar-refractivity contribution in [1.29, 1.82) is 0 Å². The van der Waals surface area contributed by atoms with Gasteiger partial charge < -0.3 is 5.43 Å². The van der Waals surface area contributed by atoms with Gasteiger partial charge in [0.15, 0.2) is 5.82 Å². The highest BCUT2D eigenvalue weighted by atomic mass is 32.2. The summed E-state index contributed by atoms with van der Waals surface area (Å²) in [6.07, 6.45) is 4.93. The van der Waals surface area contributed by atoms with Crippen LogP contribution in [0.5, 0.6) is 0 Å². The molecule has 0 radical (unpaired) electrons. The van der Waals surface area contributed by atoms with Crippen molar-refractivity contribution in [1.82, 2.24) is 9.71 Å². The zero-order chi connectivity index (χ0) is 13.9. The molecule has 0 spiro atoms. The van der Waals surface area contributed by atoms with Gasteiger partial charge in [-0.3, -0.25) is 0 Å². The summed E-state index contributed by atoms with van der Waals surface area (Å²) in [4.78, 5) is 3.99. The van der Waals surface area contributed by atoms with Gasteiger partial charge >= 0.3 is 0 Å². The molecule has 106 valence electrons. The third kappa shape index (κ3) is 3.23. The molecule has 6 nitrogen and oxygen atoms in total. The van der Waals surface area contributed by atoms with Crippen LogP contribution in [0, 0.1) is 11.8 Å². The van der Waals surface area contributed by atoms with Crippen molar-refractivity contribution in [3.63, 3.8) is 0 Å². The largest absolute Gasteiger partial charge is 0.307 e. The van der Waals surface area contributed by atoms with Gasteiger partial charge in [0.25, 0.3) is 0 Å². The highest BCUT2D eigenvalue weighted by molar-refractivity contribution is 7.89. The summed E-state index contributed by atoms with van der Waals surface area (Å²) < 4.78 is 27.1. The van der Waals surface area contributed by atoms with Gasteiger partial charge in [-0.05, 0) is 30.4 Å². The van der Waals surface area contributed by atoms with Crippen molar-refractivity contribution in [2.45, 2.75) is 31.1 Å².